The Hall–Kier alpha value is -2.19. The number of amides is 1. The van der Waals surface area contributed by atoms with E-state index in [1.165, 1.54) is 17.8 Å². The first-order valence-electron chi connectivity index (χ1n) is 7.76. The van der Waals surface area contributed by atoms with Crippen LogP contribution in [0.4, 0.5) is 0 Å². The van der Waals surface area contributed by atoms with Crippen molar-refractivity contribution in [3.8, 4) is 11.5 Å². The zero-order valence-electron chi connectivity index (χ0n) is 13.2. The van der Waals surface area contributed by atoms with Crippen molar-refractivity contribution < 1.29 is 22.7 Å². The van der Waals surface area contributed by atoms with E-state index in [-0.39, 0.29) is 17.0 Å². The Bertz CT molecular complexity index is 942. The van der Waals surface area contributed by atoms with Gasteiger partial charge in [-0.15, -0.1) is 11.8 Å². The third kappa shape index (κ3) is 2.85. The summed E-state index contributed by atoms with van der Waals surface area (Å²) in [6, 6.07) is 11.9. The number of rotatable bonds is 4. The van der Waals surface area contributed by atoms with E-state index in [1.54, 1.807) is 18.2 Å². The highest BCUT2D eigenvalue weighted by Crippen LogP contribution is 2.35. The third-order valence-corrected chi connectivity index (χ3v) is 6.80. The fourth-order valence-electron chi connectivity index (χ4n) is 2.81. The van der Waals surface area contributed by atoms with Gasteiger partial charge < -0.3 is 9.47 Å². The molecule has 0 aliphatic carbocycles. The zero-order chi connectivity index (χ0) is 17.4. The van der Waals surface area contributed by atoms with Crippen molar-refractivity contribution in [2.75, 3.05) is 25.5 Å². The lowest BCUT2D eigenvalue weighted by molar-refractivity contribution is 0.0876. The maximum Gasteiger partial charge on any atom is 0.269 e. The first kappa shape index (κ1) is 16.3. The molecule has 0 fully saturated rings. The Labute approximate surface area is 149 Å². The summed E-state index contributed by atoms with van der Waals surface area (Å²) in [7, 11) is -3.74. The minimum absolute atomic E-state index is 0.0873. The number of thioether (sulfide) groups is 1. The summed E-state index contributed by atoms with van der Waals surface area (Å²) in [6.07, 6.45) is 0. The van der Waals surface area contributed by atoms with Gasteiger partial charge in [-0.1, -0.05) is 12.1 Å². The van der Waals surface area contributed by atoms with E-state index in [1.807, 2.05) is 18.2 Å². The van der Waals surface area contributed by atoms with Gasteiger partial charge in [0.05, 0.1) is 5.56 Å². The van der Waals surface area contributed by atoms with Crippen LogP contribution >= 0.6 is 11.8 Å². The molecule has 2 aromatic rings. The summed E-state index contributed by atoms with van der Waals surface area (Å²) in [5.74, 6) is 1.40. The molecule has 0 aromatic heterocycles. The fourth-order valence-corrected chi connectivity index (χ4v) is 5.36. The molecule has 8 heteroatoms. The lowest BCUT2D eigenvalue weighted by atomic mass is 10.2. The molecule has 0 unspecified atom stereocenters. The standard InChI is InChI=1S/C17H15NO5S2/c19-17-13-3-1-2-4-16(13)25(20,21)18(17)7-10-24-12-5-6-14-15(11-12)23-9-8-22-14/h1-6,11H,7-10H2. The van der Waals surface area contributed by atoms with Crippen LogP contribution in [-0.4, -0.2) is 44.1 Å². The van der Waals surface area contributed by atoms with Crippen LogP contribution in [0.1, 0.15) is 10.4 Å². The van der Waals surface area contributed by atoms with Gasteiger partial charge >= 0.3 is 0 Å². The van der Waals surface area contributed by atoms with Gasteiger partial charge in [0.2, 0.25) is 0 Å². The second kappa shape index (κ2) is 6.27. The summed E-state index contributed by atoms with van der Waals surface area (Å²) in [5.41, 5.74) is 0.242. The molecule has 0 spiro atoms. The normalized spacial score (nSPS) is 17.4. The van der Waals surface area contributed by atoms with Crippen LogP contribution in [0, 0.1) is 0 Å². The van der Waals surface area contributed by atoms with Crippen LogP contribution < -0.4 is 9.47 Å². The number of nitrogens with zero attached hydrogens (tertiary/aromatic N) is 1. The topological polar surface area (TPSA) is 72.9 Å². The van der Waals surface area contributed by atoms with Gasteiger partial charge in [0.1, 0.15) is 18.1 Å². The second-order valence-corrected chi connectivity index (χ2v) is 8.53. The molecule has 0 atom stereocenters. The summed E-state index contributed by atoms with van der Waals surface area (Å²) in [6.45, 7) is 1.17. The van der Waals surface area contributed by atoms with Crippen molar-refractivity contribution in [2.45, 2.75) is 9.79 Å². The van der Waals surface area contributed by atoms with Crippen LogP contribution in [0.25, 0.3) is 0 Å². The molecular formula is C17H15NO5S2. The Kier molecular flexibility index (Phi) is 4.09. The monoisotopic (exact) mass is 377 g/mol. The van der Waals surface area contributed by atoms with Gasteiger partial charge in [-0.2, -0.15) is 0 Å². The molecule has 2 aromatic carbocycles. The highest BCUT2D eigenvalue weighted by atomic mass is 32.2. The van der Waals surface area contributed by atoms with Crippen molar-refractivity contribution in [1.29, 1.82) is 0 Å². The number of carbonyl (C=O) groups is 1. The van der Waals surface area contributed by atoms with Crippen molar-refractivity contribution in [1.82, 2.24) is 4.31 Å². The largest absolute Gasteiger partial charge is 0.486 e. The van der Waals surface area contributed by atoms with Crippen LogP contribution in [0.3, 0.4) is 0 Å². The number of ether oxygens (including phenoxy) is 2. The van der Waals surface area contributed by atoms with E-state index in [9.17, 15) is 13.2 Å². The molecule has 2 heterocycles. The quantitative estimate of drug-likeness (QED) is 0.762. The number of carbonyl (C=O) groups excluding carboxylic acids is 1. The molecular weight excluding hydrogens is 362 g/mol. The molecule has 0 radical (unpaired) electrons. The predicted octanol–water partition coefficient (Wildman–Crippen LogP) is 2.39. The molecule has 0 saturated heterocycles. The highest BCUT2D eigenvalue weighted by molar-refractivity contribution is 7.99. The molecule has 130 valence electrons. The third-order valence-electron chi connectivity index (χ3n) is 3.99. The lowest BCUT2D eigenvalue weighted by Gasteiger charge is -2.19. The minimum atomic E-state index is -3.74. The summed E-state index contributed by atoms with van der Waals surface area (Å²) in [5, 5.41) is 0. The van der Waals surface area contributed by atoms with E-state index in [0.29, 0.717) is 30.5 Å². The Balaban J connectivity index is 1.45. The predicted molar refractivity (Wildman–Crippen MR) is 92.8 cm³/mol. The molecule has 6 nitrogen and oxygen atoms in total. The smallest absolute Gasteiger partial charge is 0.269 e. The first-order chi connectivity index (χ1) is 12.1. The molecule has 0 bridgehead atoms. The van der Waals surface area contributed by atoms with Gasteiger partial charge in [0.25, 0.3) is 15.9 Å². The van der Waals surface area contributed by atoms with E-state index in [4.69, 9.17) is 9.47 Å². The molecule has 0 saturated carbocycles. The molecule has 2 aliphatic rings. The molecule has 2 aliphatic heterocycles. The Morgan fingerprint density at radius 3 is 2.60 bits per heavy atom. The first-order valence-corrected chi connectivity index (χ1v) is 10.2. The average Bonchev–Trinajstić information content (AvgIpc) is 2.82. The maximum absolute atomic E-state index is 12.5. The minimum Gasteiger partial charge on any atom is -0.486 e. The Morgan fingerprint density at radius 1 is 1.04 bits per heavy atom. The highest BCUT2D eigenvalue weighted by Gasteiger charge is 2.40. The maximum atomic E-state index is 12.5. The molecule has 4 rings (SSSR count). The van der Waals surface area contributed by atoms with Crippen LogP contribution in [0.15, 0.2) is 52.3 Å². The number of benzene rings is 2. The van der Waals surface area contributed by atoms with Gasteiger partial charge in [-0.25, -0.2) is 12.7 Å². The van der Waals surface area contributed by atoms with Crippen LogP contribution in [0.2, 0.25) is 0 Å². The summed E-state index contributed by atoms with van der Waals surface area (Å²) >= 11 is 1.47. The molecule has 1 amide bonds. The summed E-state index contributed by atoms with van der Waals surface area (Å²) < 4.78 is 36.9. The van der Waals surface area contributed by atoms with E-state index in [2.05, 4.69) is 0 Å². The van der Waals surface area contributed by atoms with Gasteiger partial charge in [0.15, 0.2) is 11.5 Å². The van der Waals surface area contributed by atoms with Crippen LogP contribution in [0.5, 0.6) is 11.5 Å². The summed E-state index contributed by atoms with van der Waals surface area (Å²) in [4.78, 5) is 13.4. The number of hydrogen-bond acceptors (Lipinski definition) is 6. The van der Waals surface area contributed by atoms with Gasteiger partial charge in [0, 0.05) is 17.2 Å². The van der Waals surface area contributed by atoms with Crippen molar-refractivity contribution in [3.05, 3.63) is 48.0 Å². The SMILES string of the molecule is O=C1c2ccccc2S(=O)(=O)N1CCSc1ccc2c(c1)OCCO2. The van der Waals surface area contributed by atoms with Gasteiger partial charge in [-0.3, -0.25) is 4.79 Å². The Morgan fingerprint density at radius 2 is 1.80 bits per heavy atom. The van der Waals surface area contributed by atoms with Crippen molar-refractivity contribution >= 4 is 27.7 Å². The van der Waals surface area contributed by atoms with Gasteiger partial charge in [-0.05, 0) is 30.3 Å². The lowest BCUT2D eigenvalue weighted by Crippen LogP contribution is -2.32. The number of fused-ring (bicyclic) bond motifs is 2. The molecule has 25 heavy (non-hydrogen) atoms. The van der Waals surface area contributed by atoms with Crippen molar-refractivity contribution in [2.24, 2.45) is 0 Å². The number of sulfonamides is 1. The zero-order valence-corrected chi connectivity index (χ0v) is 14.8. The van der Waals surface area contributed by atoms with Crippen LogP contribution in [-0.2, 0) is 10.0 Å². The molecule has 0 N–H and O–H groups in total. The van der Waals surface area contributed by atoms with Crippen molar-refractivity contribution in [3.63, 3.8) is 0 Å². The number of hydrogen-bond donors (Lipinski definition) is 0. The van der Waals surface area contributed by atoms with E-state index >= 15 is 0 Å². The van der Waals surface area contributed by atoms with E-state index < -0.39 is 15.9 Å². The second-order valence-electron chi connectivity index (χ2n) is 5.53. The van der Waals surface area contributed by atoms with E-state index in [0.717, 1.165) is 9.20 Å². The fraction of sp³-hybridized carbons (Fsp3) is 0.235. The average molecular weight is 377 g/mol.